The van der Waals surface area contributed by atoms with Crippen LogP contribution in [-0.4, -0.2) is 60.3 Å². The molecule has 1 amide bonds. The molecular formula is C30H37F3N2O4. The first-order valence-electron chi connectivity index (χ1n) is 13.5. The van der Waals surface area contributed by atoms with Crippen LogP contribution in [0.1, 0.15) is 60.2 Å². The van der Waals surface area contributed by atoms with Gasteiger partial charge in [-0.05, 0) is 69.8 Å². The number of carbonyl (C=O) groups excluding carboxylic acids is 2. The van der Waals surface area contributed by atoms with Crippen molar-refractivity contribution in [2.24, 2.45) is 11.3 Å². The maximum absolute atomic E-state index is 13.5. The predicted molar refractivity (Wildman–Crippen MR) is 141 cm³/mol. The minimum atomic E-state index is -5.14. The molecule has 6 nitrogen and oxygen atoms in total. The summed E-state index contributed by atoms with van der Waals surface area (Å²) in [6.45, 7) is 10.6. The van der Waals surface area contributed by atoms with Crippen molar-refractivity contribution >= 4 is 11.9 Å². The van der Waals surface area contributed by atoms with Crippen LogP contribution in [0.2, 0.25) is 0 Å². The molecule has 2 aromatic rings. The van der Waals surface area contributed by atoms with Crippen LogP contribution in [0.4, 0.5) is 13.2 Å². The second kappa shape index (κ2) is 11.6. The third kappa shape index (κ3) is 6.57. The molecule has 2 aromatic carbocycles. The van der Waals surface area contributed by atoms with E-state index in [0.29, 0.717) is 57.0 Å². The van der Waals surface area contributed by atoms with Crippen molar-refractivity contribution in [1.82, 2.24) is 9.80 Å². The van der Waals surface area contributed by atoms with Gasteiger partial charge in [0.05, 0.1) is 6.61 Å². The van der Waals surface area contributed by atoms with E-state index >= 15 is 0 Å². The number of amides is 1. The summed E-state index contributed by atoms with van der Waals surface area (Å²) in [6.07, 6.45) is -4.92. The number of piperidine rings is 1. The molecule has 2 aliphatic rings. The Kier molecular flexibility index (Phi) is 8.59. The summed E-state index contributed by atoms with van der Waals surface area (Å²) in [5.41, 5.74) is 2.42. The number of esters is 1. The third-order valence-electron chi connectivity index (χ3n) is 7.77. The molecule has 212 valence electrons. The number of nitrogens with zero attached hydrogens (tertiary/aromatic N) is 2. The van der Waals surface area contributed by atoms with E-state index in [1.54, 1.807) is 19.1 Å². The highest BCUT2D eigenvalue weighted by Crippen LogP contribution is 2.47. The fourth-order valence-electron chi connectivity index (χ4n) is 5.61. The Balaban J connectivity index is 1.52. The molecule has 1 atom stereocenters. The standard InChI is InChI=1S/C30H37F3N2O4/c1-20(2)19-38-25-8-6-5-7-23(25)18-34-14-11-29(12-15-34)13-16-35(27(29)39-28(37)30(31,32)33)26(36)24-10-9-21(3)17-22(24)4/h5-10,17,20,27H,11-16,18-19H2,1-4H3. The second-order valence-electron chi connectivity index (χ2n) is 11.3. The Hall–Kier alpha value is -3.07. The van der Waals surface area contributed by atoms with Crippen molar-refractivity contribution in [1.29, 1.82) is 0 Å². The number of hydrogen-bond acceptors (Lipinski definition) is 5. The molecule has 2 fully saturated rings. The van der Waals surface area contributed by atoms with Gasteiger partial charge < -0.3 is 14.4 Å². The molecule has 4 rings (SSSR count). The number of para-hydroxylation sites is 1. The number of benzene rings is 2. The fraction of sp³-hybridized carbons (Fsp3) is 0.533. The summed E-state index contributed by atoms with van der Waals surface area (Å²) in [6, 6.07) is 13.2. The zero-order valence-corrected chi connectivity index (χ0v) is 23.0. The summed E-state index contributed by atoms with van der Waals surface area (Å²) in [4.78, 5) is 29.1. The van der Waals surface area contributed by atoms with Crippen molar-refractivity contribution in [3.63, 3.8) is 0 Å². The smallest absolute Gasteiger partial charge is 0.491 e. The largest absolute Gasteiger partial charge is 0.493 e. The molecule has 0 bridgehead atoms. The normalized spacial score (nSPS) is 19.5. The summed E-state index contributed by atoms with van der Waals surface area (Å²) in [5.74, 6) is -1.45. The van der Waals surface area contributed by atoms with Crippen LogP contribution < -0.4 is 4.74 Å². The maximum atomic E-state index is 13.5. The van der Waals surface area contributed by atoms with E-state index in [2.05, 4.69) is 18.7 Å². The van der Waals surface area contributed by atoms with E-state index in [1.807, 2.05) is 37.3 Å². The zero-order chi connectivity index (χ0) is 28.4. The zero-order valence-electron chi connectivity index (χ0n) is 23.0. The lowest BCUT2D eigenvalue weighted by Gasteiger charge is -2.43. The van der Waals surface area contributed by atoms with Crippen LogP contribution in [-0.2, 0) is 16.1 Å². The number of halogens is 3. The maximum Gasteiger partial charge on any atom is 0.491 e. The average Bonchev–Trinajstić information content (AvgIpc) is 3.21. The number of rotatable bonds is 7. The van der Waals surface area contributed by atoms with Gasteiger partial charge in [0.1, 0.15) is 5.75 Å². The van der Waals surface area contributed by atoms with Crippen molar-refractivity contribution in [3.05, 3.63) is 64.7 Å². The Morgan fingerprint density at radius 3 is 2.33 bits per heavy atom. The van der Waals surface area contributed by atoms with E-state index in [1.165, 1.54) is 4.90 Å². The monoisotopic (exact) mass is 546 g/mol. The average molecular weight is 547 g/mol. The van der Waals surface area contributed by atoms with E-state index in [0.717, 1.165) is 22.4 Å². The molecule has 2 aliphatic heterocycles. The van der Waals surface area contributed by atoms with Crippen molar-refractivity contribution in [2.45, 2.75) is 65.9 Å². The van der Waals surface area contributed by atoms with Crippen molar-refractivity contribution in [2.75, 3.05) is 26.2 Å². The highest BCUT2D eigenvalue weighted by atomic mass is 19.4. The van der Waals surface area contributed by atoms with Gasteiger partial charge in [-0.2, -0.15) is 13.2 Å². The van der Waals surface area contributed by atoms with Crippen LogP contribution in [0.5, 0.6) is 5.75 Å². The Labute approximate surface area is 228 Å². The first-order valence-corrected chi connectivity index (χ1v) is 13.5. The molecule has 0 N–H and O–H groups in total. The van der Waals surface area contributed by atoms with E-state index in [-0.39, 0.29) is 6.54 Å². The van der Waals surface area contributed by atoms with Crippen molar-refractivity contribution < 1.29 is 32.2 Å². The van der Waals surface area contributed by atoms with Gasteiger partial charge in [0, 0.05) is 29.6 Å². The molecule has 0 aromatic heterocycles. The second-order valence-corrected chi connectivity index (χ2v) is 11.3. The number of alkyl halides is 3. The Morgan fingerprint density at radius 1 is 1.03 bits per heavy atom. The lowest BCUT2D eigenvalue weighted by atomic mass is 9.76. The van der Waals surface area contributed by atoms with Gasteiger partial charge in [-0.1, -0.05) is 49.7 Å². The minimum Gasteiger partial charge on any atom is -0.493 e. The Bertz CT molecular complexity index is 1190. The number of likely N-dealkylation sites (tertiary alicyclic amines) is 2. The molecule has 0 radical (unpaired) electrons. The minimum absolute atomic E-state index is 0.230. The lowest BCUT2D eigenvalue weighted by molar-refractivity contribution is -0.217. The predicted octanol–water partition coefficient (Wildman–Crippen LogP) is 5.90. The van der Waals surface area contributed by atoms with Gasteiger partial charge in [0.25, 0.3) is 5.91 Å². The SMILES string of the molecule is Cc1ccc(C(=O)N2CCC3(CCN(Cc4ccccc4OCC(C)C)CC3)C2OC(=O)C(F)(F)F)c(C)c1. The first kappa shape index (κ1) is 28.9. The van der Waals surface area contributed by atoms with Crippen LogP contribution >= 0.6 is 0 Å². The number of aryl methyl sites for hydroxylation is 2. The molecule has 1 unspecified atom stereocenters. The van der Waals surface area contributed by atoms with E-state index < -0.39 is 29.7 Å². The van der Waals surface area contributed by atoms with Gasteiger partial charge >= 0.3 is 12.1 Å². The third-order valence-corrected chi connectivity index (χ3v) is 7.77. The first-order chi connectivity index (χ1) is 18.4. The summed E-state index contributed by atoms with van der Waals surface area (Å²) in [7, 11) is 0. The van der Waals surface area contributed by atoms with Gasteiger partial charge in [-0.15, -0.1) is 0 Å². The molecule has 1 spiro atoms. The van der Waals surface area contributed by atoms with E-state index in [9.17, 15) is 22.8 Å². The molecule has 0 aliphatic carbocycles. The number of ether oxygens (including phenoxy) is 2. The van der Waals surface area contributed by atoms with Crippen LogP contribution in [0, 0.1) is 25.2 Å². The van der Waals surface area contributed by atoms with Gasteiger partial charge in [-0.3, -0.25) is 9.69 Å². The quantitative estimate of drug-likeness (QED) is 0.405. The summed E-state index contributed by atoms with van der Waals surface area (Å²) >= 11 is 0. The van der Waals surface area contributed by atoms with Gasteiger partial charge in [0.15, 0.2) is 6.23 Å². The van der Waals surface area contributed by atoms with Gasteiger partial charge in [0.2, 0.25) is 0 Å². The van der Waals surface area contributed by atoms with E-state index in [4.69, 9.17) is 9.47 Å². The molecular weight excluding hydrogens is 509 g/mol. The summed E-state index contributed by atoms with van der Waals surface area (Å²) < 4.78 is 50.9. The molecule has 2 heterocycles. The van der Waals surface area contributed by atoms with Crippen LogP contribution in [0.15, 0.2) is 42.5 Å². The summed E-state index contributed by atoms with van der Waals surface area (Å²) in [5, 5.41) is 0. The number of hydrogen-bond donors (Lipinski definition) is 0. The lowest BCUT2D eigenvalue weighted by Crippen LogP contribution is -2.51. The van der Waals surface area contributed by atoms with Crippen LogP contribution in [0.3, 0.4) is 0 Å². The number of carbonyl (C=O) groups is 2. The van der Waals surface area contributed by atoms with Crippen LogP contribution in [0.25, 0.3) is 0 Å². The topological polar surface area (TPSA) is 59.1 Å². The molecule has 2 saturated heterocycles. The molecule has 0 saturated carbocycles. The molecule has 9 heteroatoms. The highest BCUT2D eigenvalue weighted by molar-refractivity contribution is 5.96. The van der Waals surface area contributed by atoms with Gasteiger partial charge in [-0.25, -0.2) is 4.79 Å². The molecule has 39 heavy (non-hydrogen) atoms. The van der Waals surface area contributed by atoms with Crippen molar-refractivity contribution in [3.8, 4) is 5.75 Å². The highest BCUT2D eigenvalue weighted by Gasteiger charge is 2.55. The Morgan fingerprint density at radius 2 is 1.69 bits per heavy atom. The fourth-order valence-corrected chi connectivity index (χ4v) is 5.61.